The second-order valence-corrected chi connectivity index (χ2v) is 6.23. The highest BCUT2D eigenvalue weighted by molar-refractivity contribution is 14.0. The maximum Gasteiger partial charge on any atom is 0.213 e. The van der Waals surface area contributed by atoms with Gasteiger partial charge >= 0.3 is 0 Å². The van der Waals surface area contributed by atoms with Crippen molar-refractivity contribution in [2.24, 2.45) is 4.99 Å². The highest BCUT2D eigenvalue weighted by atomic mass is 127. The molecule has 1 aromatic carbocycles. The number of halogens is 1. The molecule has 0 spiro atoms. The standard InChI is InChI=1S/C21H26N4O2.HI/c1-22-21(23-15-18-7-5-9-20(24-18)27-3)25-12-10-16(11-13-25)17-6-4-8-19(14-17)26-2;/h4-10,14H,11-13,15H2,1-3H3,(H,22,23);1H. The minimum absolute atomic E-state index is 0. The van der Waals surface area contributed by atoms with Crippen molar-refractivity contribution >= 4 is 35.5 Å². The Bertz CT molecular complexity index is 839. The Labute approximate surface area is 183 Å². The molecule has 6 nitrogen and oxygen atoms in total. The Morgan fingerprint density at radius 3 is 2.68 bits per heavy atom. The molecule has 1 N–H and O–H groups in total. The van der Waals surface area contributed by atoms with Gasteiger partial charge in [0.25, 0.3) is 0 Å². The highest BCUT2D eigenvalue weighted by Gasteiger charge is 2.16. The van der Waals surface area contributed by atoms with Crippen molar-refractivity contribution in [3.05, 3.63) is 59.8 Å². The SMILES string of the molecule is CN=C(NCc1cccc(OC)n1)N1CC=C(c2cccc(OC)c2)CC1.I. The topological polar surface area (TPSA) is 59.0 Å². The number of aromatic nitrogens is 1. The van der Waals surface area contributed by atoms with Crippen molar-refractivity contribution in [2.45, 2.75) is 13.0 Å². The first kappa shape index (κ1) is 22.0. The summed E-state index contributed by atoms with van der Waals surface area (Å²) in [4.78, 5) is 11.1. The predicted octanol–water partition coefficient (Wildman–Crippen LogP) is 3.58. The van der Waals surface area contributed by atoms with Gasteiger partial charge in [-0.1, -0.05) is 24.3 Å². The van der Waals surface area contributed by atoms with E-state index in [1.54, 1.807) is 14.2 Å². The molecule has 2 aromatic rings. The number of pyridine rings is 1. The normalized spacial score (nSPS) is 14.0. The molecule has 28 heavy (non-hydrogen) atoms. The van der Waals surface area contributed by atoms with Crippen LogP contribution in [0.15, 0.2) is 53.5 Å². The third-order valence-corrected chi connectivity index (χ3v) is 4.58. The smallest absolute Gasteiger partial charge is 0.213 e. The van der Waals surface area contributed by atoms with Crippen molar-refractivity contribution in [3.63, 3.8) is 0 Å². The summed E-state index contributed by atoms with van der Waals surface area (Å²) >= 11 is 0. The second-order valence-electron chi connectivity index (χ2n) is 6.23. The summed E-state index contributed by atoms with van der Waals surface area (Å²) in [5, 5.41) is 3.39. The van der Waals surface area contributed by atoms with Crippen LogP contribution < -0.4 is 14.8 Å². The zero-order valence-electron chi connectivity index (χ0n) is 16.5. The fraction of sp³-hybridized carbons (Fsp3) is 0.333. The van der Waals surface area contributed by atoms with Crippen molar-refractivity contribution in [3.8, 4) is 11.6 Å². The van der Waals surface area contributed by atoms with Crippen LogP contribution in [0.1, 0.15) is 17.7 Å². The van der Waals surface area contributed by atoms with E-state index in [2.05, 4.69) is 38.4 Å². The van der Waals surface area contributed by atoms with Gasteiger partial charge in [0.15, 0.2) is 5.96 Å². The number of methoxy groups -OCH3 is 2. The van der Waals surface area contributed by atoms with Crippen LogP contribution >= 0.6 is 24.0 Å². The quantitative estimate of drug-likeness (QED) is 0.391. The molecule has 0 saturated carbocycles. The molecule has 0 amide bonds. The van der Waals surface area contributed by atoms with Crippen LogP contribution in [0.4, 0.5) is 0 Å². The summed E-state index contributed by atoms with van der Waals surface area (Å²) in [7, 11) is 5.13. The first-order chi connectivity index (χ1) is 13.2. The Morgan fingerprint density at radius 2 is 2.00 bits per heavy atom. The summed E-state index contributed by atoms with van der Waals surface area (Å²) in [5.74, 6) is 2.38. The Morgan fingerprint density at radius 1 is 1.18 bits per heavy atom. The third kappa shape index (κ3) is 5.60. The van der Waals surface area contributed by atoms with E-state index in [1.807, 2.05) is 37.4 Å². The molecule has 0 unspecified atom stereocenters. The number of rotatable bonds is 5. The average Bonchev–Trinajstić information content (AvgIpc) is 2.75. The fourth-order valence-corrected chi connectivity index (χ4v) is 3.12. The Hall–Kier alpha value is -2.29. The number of hydrogen-bond acceptors (Lipinski definition) is 4. The average molecular weight is 494 g/mol. The lowest BCUT2D eigenvalue weighted by Crippen LogP contribution is -2.43. The molecular formula is C21H27IN4O2. The van der Waals surface area contributed by atoms with Gasteiger partial charge in [0.05, 0.1) is 26.5 Å². The zero-order valence-corrected chi connectivity index (χ0v) is 18.8. The van der Waals surface area contributed by atoms with E-state index in [-0.39, 0.29) is 24.0 Å². The lowest BCUT2D eigenvalue weighted by molar-refractivity contribution is 0.395. The number of nitrogens with one attached hydrogen (secondary N) is 1. The first-order valence-corrected chi connectivity index (χ1v) is 9.02. The number of guanidine groups is 1. The van der Waals surface area contributed by atoms with E-state index < -0.39 is 0 Å². The van der Waals surface area contributed by atoms with Crippen LogP contribution in [0.5, 0.6) is 11.6 Å². The second kappa shape index (κ2) is 10.9. The summed E-state index contributed by atoms with van der Waals surface area (Å²) in [6.45, 7) is 2.33. The summed E-state index contributed by atoms with van der Waals surface area (Å²) in [6, 6.07) is 14.0. The Balaban J connectivity index is 0.00000280. The first-order valence-electron chi connectivity index (χ1n) is 9.02. The Kier molecular flexibility index (Phi) is 8.56. The number of aliphatic imine (C=N–C) groups is 1. The maximum atomic E-state index is 5.33. The molecule has 0 radical (unpaired) electrons. The van der Waals surface area contributed by atoms with E-state index in [0.29, 0.717) is 12.4 Å². The van der Waals surface area contributed by atoms with Crippen molar-refractivity contribution in [1.29, 1.82) is 0 Å². The molecule has 0 atom stereocenters. The van der Waals surface area contributed by atoms with E-state index in [9.17, 15) is 0 Å². The summed E-state index contributed by atoms with van der Waals surface area (Å²) < 4.78 is 10.5. The van der Waals surface area contributed by atoms with Crippen LogP contribution in [-0.2, 0) is 6.54 Å². The maximum absolute atomic E-state index is 5.33. The third-order valence-electron chi connectivity index (χ3n) is 4.58. The van der Waals surface area contributed by atoms with Gasteiger partial charge in [0.2, 0.25) is 5.88 Å². The van der Waals surface area contributed by atoms with Crippen LogP contribution in [0.25, 0.3) is 5.57 Å². The number of hydrogen-bond donors (Lipinski definition) is 1. The summed E-state index contributed by atoms with van der Waals surface area (Å²) in [5.41, 5.74) is 3.48. The van der Waals surface area contributed by atoms with Crippen molar-refractivity contribution in [2.75, 3.05) is 34.4 Å². The molecule has 1 aliphatic rings. The van der Waals surface area contributed by atoms with Crippen LogP contribution in [0.2, 0.25) is 0 Å². The monoisotopic (exact) mass is 494 g/mol. The lowest BCUT2D eigenvalue weighted by Gasteiger charge is -2.29. The molecule has 1 aromatic heterocycles. The van der Waals surface area contributed by atoms with Crippen molar-refractivity contribution in [1.82, 2.24) is 15.2 Å². The lowest BCUT2D eigenvalue weighted by atomic mass is 9.99. The minimum atomic E-state index is 0. The molecular weight excluding hydrogens is 467 g/mol. The molecule has 0 saturated heterocycles. The van der Waals surface area contributed by atoms with E-state index in [0.717, 1.165) is 36.9 Å². The van der Waals surface area contributed by atoms with Gasteiger partial charge in [0, 0.05) is 26.2 Å². The molecule has 7 heteroatoms. The zero-order chi connectivity index (χ0) is 19.1. The van der Waals surface area contributed by atoms with Crippen LogP contribution in [0, 0.1) is 0 Å². The van der Waals surface area contributed by atoms with Gasteiger partial charge in [-0.2, -0.15) is 0 Å². The number of ether oxygens (including phenoxy) is 2. The molecule has 0 fully saturated rings. The molecule has 150 valence electrons. The van der Waals surface area contributed by atoms with Crippen LogP contribution in [-0.4, -0.2) is 50.2 Å². The van der Waals surface area contributed by atoms with Gasteiger partial charge in [-0.05, 0) is 35.8 Å². The van der Waals surface area contributed by atoms with Gasteiger partial charge in [-0.3, -0.25) is 4.99 Å². The van der Waals surface area contributed by atoms with Crippen LogP contribution in [0.3, 0.4) is 0 Å². The van der Waals surface area contributed by atoms with Gasteiger partial charge in [-0.25, -0.2) is 4.98 Å². The number of nitrogens with zero attached hydrogens (tertiary/aromatic N) is 3. The summed E-state index contributed by atoms with van der Waals surface area (Å²) in [6.07, 6.45) is 3.22. The largest absolute Gasteiger partial charge is 0.497 e. The van der Waals surface area contributed by atoms with Gasteiger partial charge < -0.3 is 19.7 Å². The van der Waals surface area contributed by atoms with Gasteiger partial charge in [-0.15, -0.1) is 24.0 Å². The predicted molar refractivity (Wildman–Crippen MR) is 124 cm³/mol. The molecule has 3 rings (SSSR count). The van der Waals surface area contributed by atoms with Crippen molar-refractivity contribution < 1.29 is 9.47 Å². The molecule has 0 bridgehead atoms. The fourth-order valence-electron chi connectivity index (χ4n) is 3.12. The van der Waals surface area contributed by atoms with Gasteiger partial charge in [0.1, 0.15) is 5.75 Å². The molecule has 2 heterocycles. The minimum Gasteiger partial charge on any atom is -0.497 e. The molecule has 0 aliphatic carbocycles. The van der Waals surface area contributed by atoms with E-state index in [1.165, 1.54) is 11.1 Å². The number of benzene rings is 1. The highest BCUT2D eigenvalue weighted by Crippen LogP contribution is 2.25. The molecule has 1 aliphatic heterocycles. The van der Waals surface area contributed by atoms with E-state index >= 15 is 0 Å². The van der Waals surface area contributed by atoms with E-state index in [4.69, 9.17) is 9.47 Å².